The van der Waals surface area contributed by atoms with Crippen LogP contribution in [0, 0.1) is 0 Å². The van der Waals surface area contributed by atoms with Crippen LogP contribution in [-0.4, -0.2) is 9.97 Å². The Morgan fingerprint density at radius 1 is 1.33 bits per heavy atom. The van der Waals surface area contributed by atoms with E-state index in [0.29, 0.717) is 5.95 Å². The van der Waals surface area contributed by atoms with Crippen molar-refractivity contribution in [2.24, 2.45) is 0 Å². The maximum Gasteiger partial charge on any atom is 0.220 e. The number of nitrogen functional groups attached to an aromatic ring is 1. The van der Waals surface area contributed by atoms with Gasteiger partial charge >= 0.3 is 0 Å². The van der Waals surface area contributed by atoms with Crippen molar-refractivity contribution in [1.82, 2.24) is 9.97 Å². The zero-order chi connectivity index (χ0) is 8.39. The molecular weight excluding hydrogens is 170 g/mol. The normalized spacial score (nSPS) is 10.0. The highest BCUT2D eigenvalue weighted by Gasteiger charge is 1.98. The summed E-state index contributed by atoms with van der Waals surface area (Å²) in [6, 6.07) is 3.85. The first-order valence-corrected chi connectivity index (χ1v) is 4.41. The van der Waals surface area contributed by atoms with Crippen LogP contribution in [0.3, 0.4) is 0 Å². The Balaban J connectivity index is 2.48. The zero-order valence-corrected chi connectivity index (χ0v) is 7.08. The van der Waals surface area contributed by atoms with Crippen molar-refractivity contribution >= 4 is 17.3 Å². The lowest BCUT2D eigenvalue weighted by Crippen LogP contribution is -1.94. The van der Waals surface area contributed by atoms with Crippen molar-refractivity contribution in [3.63, 3.8) is 0 Å². The molecule has 2 rings (SSSR count). The van der Waals surface area contributed by atoms with Gasteiger partial charge in [-0.15, -0.1) is 0 Å². The van der Waals surface area contributed by atoms with Crippen LogP contribution in [0.15, 0.2) is 29.1 Å². The van der Waals surface area contributed by atoms with Crippen LogP contribution in [0.1, 0.15) is 0 Å². The Morgan fingerprint density at radius 3 is 2.92 bits per heavy atom. The van der Waals surface area contributed by atoms with Crippen LogP contribution in [-0.2, 0) is 0 Å². The van der Waals surface area contributed by atoms with Crippen LogP contribution >= 0.6 is 11.3 Å². The summed E-state index contributed by atoms with van der Waals surface area (Å²) in [5, 5.41) is 4.04. The molecule has 4 heteroatoms. The topological polar surface area (TPSA) is 51.8 Å². The second kappa shape index (κ2) is 2.91. The number of aromatic nitrogens is 2. The van der Waals surface area contributed by atoms with Crippen molar-refractivity contribution in [3.8, 4) is 11.3 Å². The van der Waals surface area contributed by atoms with Gasteiger partial charge < -0.3 is 5.73 Å². The van der Waals surface area contributed by atoms with Gasteiger partial charge in [-0.05, 0) is 17.5 Å². The predicted octanol–water partition coefficient (Wildman–Crippen LogP) is 1.79. The fraction of sp³-hybridized carbons (Fsp3) is 0. The van der Waals surface area contributed by atoms with Crippen molar-refractivity contribution < 1.29 is 0 Å². The molecule has 0 unspecified atom stereocenters. The highest BCUT2D eigenvalue weighted by atomic mass is 32.1. The van der Waals surface area contributed by atoms with E-state index in [1.807, 2.05) is 22.9 Å². The van der Waals surface area contributed by atoms with Crippen molar-refractivity contribution in [2.45, 2.75) is 0 Å². The lowest BCUT2D eigenvalue weighted by molar-refractivity contribution is 1.19. The zero-order valence-electron chi connectivity index (χ0n) is 6.27. The van der Waals surface area contributed by atoms with E-state index >= 15 is 0 Å². The van der Waals surface area contributed by atoms with Crippen LogP contribution in [0.5, 0.6) is 0 Å². The van der Waals surface area contributed by atoms with Crippen LogP contribution in [0.25, 0.3) is 11.3 Å². The minimum Gasteiger partial charge on any atom is -0.368 e. The third kappa shape index (κ3) is 1.29. The Hall–Kier alpha value is -1.42. The summed E-state index contributed by atoms with van der Waals surface area (Å²) in [7, 11) is 0. The summed E-state index contributed by atoms with van der Waals surface area (Å²) in [6.07, 6.45) is 1.66. The fourth-order valence-corrected chi connectivity index (χ4v) is 1.59. The van der Waals surface area contributed by atoms with Gasteiger partial charge in [0.1, 0.15) is 0 Å². The van der Waals surface area contributed by atoms with Gasteiger partial charge in [0.2, 0.25) is 5.95 Å². The first kappa shape index (κ1) is 7.24. The molecule has 0 fully saturated rings. The molecule has 60 valence electrons. The quantitative estimate of drug-likeness (QED) is 0.722. The minimum absolute atomic E-state index is 0.318. The Kier molecular flexibility index (Phi) is 1.75. The summed E-state index contributed by atoms with van der Waals surface area (Å²) in [4.78, 5) is 7.91. The number of nitrogens with zero attached hydrogens (tertiary/aromatic N) is 2. The molecule has 0 aliphatic carbocycles. The molecule has 0 aliphatic rings. The van der Waals surface area contributed by atoms with Crippen molar-refractivity contribution in [3.05, 3.63) is 29.1 Å². The molecule has 12 heavy (non-hydrogen) atoms. The number of hydrogen-bond donors (Lipinski definition) is 1. The molecule has 0 saturated carbocycles. The van der Waals surface area contributed by atoms with E-state index < -0.39 is 0 Å². The third-order valence-corrected chi connectivity index (χ3v) is 2.17. The van der Waals surface area contributed by atoms with Crippen LogP contribution in [0.2, 0.25) is 0 Å². The number of nitrogens with two attached hydrogens (primary N) is 1. The molecule has 0 amide bonds. The van der Waals surface area contributed by atoms with Gasteiger partial charge in [0, 0.05) is 17.1 Å². The first-order chi connectivity index (χ1) is 5.86. The largest absolute Gasteiger partial charge is 0.368 e. The molecule has 0 bridgehead atoms. The molecule has 0 spiro atoms. The van der Waals surface area contributed by atoms with E-state index in [0.717, 1.165) is 11.3 Å². The molecule has 2 heterocycles. The molecule has 2 aromatic heterocycles. The molecule has 2 aromatic rings. The summed E-state index contributed by atoms with van der Waals surface area (Å²) in [5.41, 5.74) is 7.42. The average molecular weight is 177 g/mol. The van der Waals surface area contributed by atoms with Crippen molar-refractivity contribution in [1.29, 1.82) is 0 Å². The maximum atomic E-state index is 5.45. The average Bonchev–Trinajstić information content (AvgIpc) is 2.56. The monoisotopic (exact) mass is 177 g/mol. The van der Waals surface area contributed by atoms with Gasteiger partial charge in [-0.3, -0.25) is 0 Å². The molecule has 0 atom stereocenters. The molecule has 0 radical (unpaired) electrons. The standard InChI is InChI=1S/C8H7N3S/c9-8-10-3-1-7(11-8)6-2-4-12-5-6/h1-5H,(H2,9,10,11). The van der Waals surface area contributed by atoms with E-state index in [4.69, 9.17) is 5.73 Å². The van der Waals surface area contributed by atoms with E-state index in [2.05, 4.69) is 9.97 Å². The van der Waals surface area contributed by atoms with Gasteiger partial charge in [0.25, 0.3) is 0 Å². The minimum atomic E-state index is 0.318. The SMILES string of the molecule is Nc1nccc(-c2ccsc2)n1. The Bertz CT molecular complexity index is 370. The van der Waals surface area contributed by atoms with E-state index in [1.54, 1.807) is 17.5 Å². The Labute approximate surface area is 73.9 Å². The molecule has 0 aliphatic heterocycles. The predicted molar refractivity (Wildman–Crippen MR) is 49.8 cm³/mol. The molecule has 2 N–H and O–H groups in total. The third-order valence-electron chi connectivity index (χ3n) is 1.49. The van der Waals surface area contributed by atoms with Crippen LogP contribution < -0.4 is 5.73 Å². The summed E-state index contributed by atoms with van der Waals surface area (Å²) >= 11 is 1.64. The summed E-state index contributed by atoms with van der Waals surface area (Å²) < 4.78 is 0. The number of anilines is 1. The van der Waals surface area contributed by atoms with Gasteiger partial charge in [0.15, 0.2) is 0 Å². The number of rotatable bonds is 1. The number of hydrogen-bond acceptors (Lipinski definition) is 4. The molecular formula is C8H7N3S. The highest BCUT2D eigenvalue weighted by molar-refractivity contribution is 7.08. The molecule has 0 aromatic carbocycles. The molecule has 0 saturated heterocycles. The first-order valence-electron chi connectivity index (χ1n) is 3.47. The summed E-state index contributed by atoms with van der Waals surface area (Å²) in [5.74, 6) is 0.318. The highest BCUT2D eigenvalue weighted by Crippen LogP contribution is 2.19. The van der Waals surface area contributed by atoms with Gasteiger partial charge in [-0.1, -0.05) is 0 Å². The Morgan fingerprint density at radius 2 is 2.25 bits per heavy atom. The maximum absolute atomic E-state index is 5.45. The van der Waals surface area contributed by atoms with Gasteiger partial charge in [-0.25, -0.2) is 9.97 Å². The second-order valence-electron chi connectivity index (χ2n) is 2.31. The summed E-state index contributed by atoms with van der Waals surface area (Å²) in [6.45, 7) is 0. The van der Waals surface area contributed by atoms with Gasteiger partial charge in [-0.2, -0.15) is 11.3 Å². The van der Waals surface area contributed by atoms with Crippen molar-refractivity contribution in [2.75, 3.05) is 5.73 Å². The van der Waals surface area contributed by atoms with E-state index in [9.17, 15) is 0 Å². The van der Waals surface area contributed by atoms with E-state index in [-0.39, 0.29) is 0 Å². The van der Waals surface area contributed by atoms with Crippen LogP contribution in [0.4, 0.5) is 5.95 Å². The number of thiophene rings is 1. The fourth-order valence-electron chi connectivity index (χ4n) is 0.945. The van der Waals surface area contributed by atoms with Gasteiger partial charge in [0.05, 0.1) is 5.69 Å². The molecule has 3 nitrogen and oxygen atoms in total. The lowest BCUT2D eigenvalue weighted by atomic mass is 10.2. The van der Waals surface area contributed by atoms with E-state index in [1.165, 1.54) is 0 Å². The lowest BCUT2D eigenvalue weighted by Gasteiger charge is -1.95. The smallest absolute Gasteiger partial charge is 0.220 e. The second-order valence-corrected chi connectivity index (χ2v) is 3.09.